The first-order valence-electron chi connectivity index (χ1n) is 5.94. The molecule has 0 rings (SSSR count). The van der Waals surface area contributed by atoms with Crippen molar-refractivity contribution in [1.29, 1.82) is 0 Å². The summed E-state index contributed by atoms with van der Waals surface area (Å²) in [6.07, 6.45) is 5.13. The fourth-order valence-electron chi connectivity index (χ4n) is 1.93. The van der Waals surface area contributed by atoms with Gasteiger partial charge in [-0.2, -0.15) is 0 Å². The number of nitrogens with two attached hydrogens (primary N) is 1. The lowest BCUT2D eigenvalue weighted by molar-refractivity contribution is -0.151. The van der Waals surface area contributed by atoms with Crippen molar-refractivity contribution in [2.24, 2.45) is 17.1 Å². The second-order valence-corrected chi connectivity index (χ2v) is 4.63. The van der Waals surface area contributed by atoms with Gasteiger partial charge in [-0.1, -0.05) is 46.5 Å². The third-order valence-corrected chi connectivity index (χ3v) is 3.37. The molecule has 1 atom stereocenters. The quantitative estimate of drug-likeness (QED) is 0.612. The molecule has 0 fully saturated rings. The predicted octanol–water partition coefficient (Wildman–Crippen LogP) is 2.64. The fraction of sp³-hybridized carbons (Fsp3) is 0.917. The van der Waals surface area contributed by atoms with E-state index in [1.165, 1.54) is 12.8 Å². The fourth-order valence-corrected chi connectivity index (χ4v) is 1.93. The van der Waals surface area contributed by atoms with Gasteiger partial charge in [0.1, 0.15) is 0 Å². The molecule has 0 aliphatic rings. The molecule has 0 saturated heterocycles. The molecular weight excluding hydrogens is 190 g/mol. The van der Waals surface area contributed by atoms with E-state index in [4.69, 9.17) is 5.73 Å². The van der Waals surface area contributed by atoms with E-state index in [0.717, 1.165) is 12.8 Å². The van der Waals surface area contributed by atoms with Crippen molar-refractivity contribution in [2.45, 2.75) is 52.9 Å². The van der Waals surface area contributed by atoms with Crippen LogP contribution in [0.15, 0.2) is 0 Å². The van der Waals surface area contributed by atoms with Crippen molar-refractivity contribution in [2.75, 3.05) is 6.54 Å². The lowest BCUT2D eigenvalue weighted by atomic mass is 9.73. The van der Waals surface area contributed by atoms with Crippen molar-refractivity contribution < 1.29 is 9.90 Å². The molecule has 0 saturated carbocycles. The molecule has 15 heavy (non-hydrogen) atoms. The molecule has 90 valence electrons. The summed E-state index contributed by atoms with van der Waals surface area (Å²) < 4.78 is 0. The maximum Gasteiger partial charge on any atom is 0.311 e. The van der Waals surface area contributed by atoms with Gasteiger partial charge in [-0.3, -0.25) is 4.79 Å². The third-order valence-electron chi connectivity index (χ3n) is 3.37. The van der Waals surface area contributed by atoms with Crippen LogP contribution in [-0.4, -0.2) is 17.6 Å². The molecule has 3 nitrogen and oxygen atoms in total. The minimum absolute atomic E-state index is 0.0987. The Hall–Kier alpha value is -0.570. The summed E-state index contributed by atoms with van der Waals surface area (Å²) in [4.78, 5) is 11.3. The van der Waals surface area contributed by atoms with E-state index in [1.54, 1.807) is 0 Å². The van der Waals surface area contributed by atoms with Crippen LogP contribution in [0.3, 0.4) is 0 Å². The number of unbranched alkanes of at least 4 members (excludes halogenated alkanes) is 3. The number of rotatable bonds is 8. The van der Waals surface area contributed by atoms with E-state index in [2.05, 4.69) is 6.92 Å². The van der Waals surface area contributed by atoms with Gasteiger partial charge in [-0.15, -0.1) is 0 Å². The molecule has 0 amide bonds. The van der Waals surface area contributed by atoms with Gasteiger partial charge < -0.3 is 10.8 Å². The van der Waals surface area contributed by atoms with Crippen LogP contribution in [0.2, 0.25) is 0 Å². The molecule has 0 aliphatic carbocycles. The molecule has 0 heterocycles. The molecule has 3 heteroatoms. The molecular formula is C12H25NO2. The first-order valence-corrected chi connectivity index (χ1v) is 5.94. The minimum Gasteiger partial charge on any atom is -0.481 e. The van der Waals surface area contributed by atoms with Crippen LogP contribution in [0.1, 0.15) is 52.9 Å². The van der Waals surface area contributed by atoms with E-state index < -0.39 is 11.4 Å². The van der Waals surface area contributed by atoms with Crippen LogP contribution < -0.4 is 5.73 Å². The summed E-state index contributed by atoms with van der Waals surface area (Å²) in [5.74, 6) is -0.641. The second-order valence-electron chi connectivity index (χ2n) is 4.63. The smallest absolute Gasteiger partial charge is 0.311 e. The van der Waals surface area contributed by atoms with E-state index in [0.29, 0.717) is 6.42 Å². The maximum atomic E-state index is 11.3. The van der Waals surface area contributed by atoms with Gasteiger partial charge in [-0.25, -0.2) is 0 Å². The highest BCUT2D eigenvalue weighted by molar-refractivity contribution is 5.75. The normalized spacial score (nSPS) is 15.3. The van der Waals surface area contributed by atoms with Crippen LogP contribution in [0.4, 0.5) is 0 Å². The maximum absolute atomic E-state index is 11.3. The van der Waals surface area contributed by atoms with Gasteiger partial charge in [0.15, 0.2) is 0 Å². The molecule has 3 N–H and O–H groups in total. The Bertz CT molecular complexity index is 192. The summed E-state index contributed by atoms with van der Waals surface area (Å²) >= 11 is 0. The largest absolute Gasteiger partial charge is 0.481 e. The molecule has 0 aromatic carbocycles. The van der Waals surface area contributed by atoms with Crippen molar-refractivity contribution in [3.05, 3.63) is 0 Å². The van der Waals surface area contributed by atoms with E-state index in [1.807, 2.05) is 13.8 Å². The predicted molar refractivity (Wildman–Crippen MR) is 62.7 cm³/mol. The molecule has 0 radical (unpaired) electrons. The Kier molecular flexibility index (Phi) is 6.57. The Morgan fingerprint density at radius 2 is 1.93 bits per heavy atom. The molecule has 0 aromatic rings. The lowest BCUT2D eigenvalue weighted by Gasteiger charge is -2.32. The lowest BCUT2D eigenvalue weighted by Crippen LogP contribution is -2.43. The summed E-state index contributed by atoms with van der Waals surface area (Å²) in [5, 5.41) is 9.27. The zero-order valence-electron chi connectivity index (χ0n) is 10.3. The topological polar surface area (TPSA) is 63.3 Å². The number of carbonyl (C=O) groups is 1. The average Bonchev–Trinajstić information content (AvgIpc) is 2.17. The SMILES string of the molecule is CCCCCCC(CN)(C(=O)O)C(C)C. The highest BCUT2D eigenvalue weighted by Gasteiger charge is 2.39. The first kappa shape index (κ1) is 14.4. The van der Waals surface area contributed by atoms with Gasteiger partial charge in [0.2, 0.25) is 0 Å². The number of hydrogen-bond acceptors (Lipinski definition) is 2. The van der Waals surface area contributed by atoms with Crippen LogP contribution in [0.5, 0.6) is 0 Å². The Morgan fingerprint density at radius 3 is 2.27 bits per heavy atom. The van der Waals surface area contributed by atoms with Gasteiger partial charge in [0.05, 0.1) is 5.41 Å². The number of hydrogen-bond donors (Lipinski definition) is 2. The molecule has 0 aromatic heterocycles. The number of carboxylic acids is 1. The standard InChI is InChI=1S/C12H25NO2/c1-4-5-6-7-8-12(9-13,10(2)3)11(14)15/h10H,4-9,13H2,1-3H3,(H,14,15). The van der Waals surface area contributed by atoms with Gasteiger partial charge in [0.25, 0.3) is 0 Å². The number of carboxylic acid groups (broad SMARTS) is 1. The molecule has 0 aliphatic heterocycles. The van der Waals surface area contributed by atoms with Crippen LogP contribution in [-0.2, 0) is 4.79 Å². The van der Waals surface area contributed by atoms with Crippen LogP contribution >= 0.6 is 0 Å². The van der Waals surface area contributed by atoms with E-state index in [9.17, 15) is 9.90 Å². The average molecular weight is 215 g/mol. The summed E-state index contributed by atoms with van der Waals surface area (Å²) in [6, 6.07) is 0. The highest BCUT2D eigenvalue weighted by atomic mass is 16.4. The zero-order chi connectivity index (χ0) is 11.9. The molecule has 0 bridgehead atoms. The highest BCUT2D eigenvalue weighted by Crippen LogP contribution is 2.33. The summed E-state index contributed by atoms with van der Waals surface area (Å²) in [6.45, 7) is 6.28. The first-order chi connectivity index (χ1) is 7.01. The Balaban J connectivity index is 4.30. The van der Waals surface area contributed by atoms with E-state index in [-0.39, 0.29) is 12.5 Å². The van der Waals surface area contributed by atoms with Crippen molar-refractivity contribution in [1.82, 2.24) is 0 Å². The van der Waals surface area contributed by atoms with Crippen molar-refractivity contribution in [3.63, 3.8) is 0 Å². The summed E-state index contributed by atoms with van der Waals surface area (Å²) in [5.41, 5.74) is 4.93. The number of aliphatic carboxylic acids is 1. The Morgan fingerprint density at radius 1 is 1.33 bits per heavy atom. The summed E-state index contributed by atoms with van der Waals surface area (Å²) in [7, 11) is 0. The van der Waals surface area contributed by atoms with Crippen molar-refractivity contribution >= 4 is 5.97 Å². The van der Waals surface area contributed by atoms with Crippen molar-refractivity contribution in [3.8, 4) is 0 Å². The van der Waals surface area contributed by atoms with Crippen LogP contribution in [0.25, 0.3) is 0 Å². The van der Waals surface area contributed by atoms with Gasteiger partial charge >= 0.3 is 5.97 Å². The Labute approximate surface area is 93.0 Å². The minimum atomic E-state index is -0.739. The molecule has 1 unspecified atom stereocenters. The van der Waals surface area contributed by atoms with Crippen LogP contribution in [0, 0.1) is 11.3 Å². The monoisotopic (exact) mass is 215 g/mol. The zero-order valence-corrected chi connectivity index (χ0v) is 10.3. The van der Waals surface area contributed by atoms with E-state index >= 15 is 0 Å². The second kappa shape index (κ2) is 6.83. The van der Waals surface area contributed by atoms with Gasteiger partial charge in [0, 0.05) is 6.54 Å². The molecule has 0 spiro atoms. The van der Waals surface area contributed by atoms with Gasteiger partial charge in [-0.05, 0) is 12.3 Å². The third kappa shape index (κ3) is 3.82.